The molecule has 0 aliphatic heterocycles. The predicted octanol–water partition coefficient (Wildman–Crippen LogP) is 0.957. The van der Waals surface area contributed by atoms with Crippen LogP contribution in [0.25, 0.3) is 0 Å². The van der Waals surface area contributed by atoms with E-state index in [-0.39, 0.29) is 18.2 Å². The summed E-state index contributed by atoms with van der Waals surface area (Å²) in [4.78, 5) is 22.9. The number of rotatable bonds is 6. The molecule has 104 valence electrons. The van der Waals surface area contributed by atoms with Crippen molar-refractivity contribution in [3.63, 3.8) is 0 Å². The first-order valence-corrected chi connectivity index (χ1v) is 6.76. The Hall–Kier alpha value is -1.53. The second-order valence-electron chi connectivity index (χ2n) is 4.22. The number of amides is 1. The minimum absolute atomic E-state index is 0.191. The second kappa shape index (κ2) is 7.16. The van der Waals surface area contributed by atoms with Gasteiger partial charge in [-0.1, -0.05) is 17.7 Å². The van der Waals surface area contributed by atoms with Crippen molar-refractivity contribution < 1.29 is 19.8 Å². The SMILES string of the molecule is Cc1ccc(C)c(SCC(=O)NC[C@H](O)C(=O)O)c1. The molecule has 0 aliphatic rings. The molecule has 0 bridgehead atoms. The van der Waals surface area contributed by atoms with Crippen LogP contribution in [0.1, 0.15) is 11.1 Å². The average Bonchev–Trinajstić information content (AvgIpc) is 2.36. The molecule has 0 saturated carbocycles. The topological polar surface area (TPSA) is 86.6 Å². The minimum atomic E-state index is -1.56. The van der Waals surface area contributed by atoms with E-state index in [1.165, 1.54) is 11.8 Å². The number of aliphatic carboxylic acids is 1. The third-order valence-corrected chi connectivity index (χ3v) is 3.64. The Labute approximate surface area is 116 Å². The lowest BCUT2D eigenvalue weighted by molar-refractivity contribution is -0.146. The molecular weight excluding hydrogens is 266 g/mol. The molecular formula is C13H17NO4S. The Bertz CT molecular complexity index is 476. The van der Waals surface area contributed by atoms with E-state index in [1.54, 1.807) is 0 Å². The van der Waals surface area contributed by atoms with Gasteiger partial charge in [-0.15, -0.1) is 11.8 Å². The molecule has 0 unspecified atom stereocenters. The first kappa shape index (κ1) is 15.5. The van der Waals surface area contributed by atoms with E-state index in [4.69, 9.17) is 10.2 Å². The van der Waals surface area contributed by atoms with Crippen LogP contribution < -0.4 is 5.32 Å². The summed E-state index contributed by atoms with van der Waals surface area (Å²) in [6.07, 6.45) is -1.56. The number of carbonyl (C=O) groups is 2. The Balaban J connectivity index is 2.42. The standard InChI is InChI=1S/C13H17NO4S/c1-8-3-4-9(2)11(5-8)19-7-12(16)14-6-10(15)13(17)18/h3-5,10,15H,6-7H2,1-2H3,(H,14,16)(H,17,18)/t10-/m0/s1. The largest absolute Gasteiger partial charge is 0.479 e. The maximum atomic E-state index is 11.5. The summed E-state index contributed by atoms with van der Waals surface area (Å²) in [5.41, 5.74) is 2.21. The molecule has 0 aromatic heterocycles. The number of carboxylic acids is 1. The van der Waals surface area contributed by atoms with Gasteiger partial charge in [0, 0.05) is 4.90 Å². The van der Waals surface area contributed by atoms with Gasteiger partial charge in [0.1, 0.15) is 0 Å². The van der Waals surface area contributed by atoms with Crippen LogP contribution in [0.15, 0.2) is 23.1 Å². The van der Waals surface area contributed by atoms with Gasteiger partial charge in [-0.25, -0.2) is 4.79 Å². The van der Waals surface area contributed by atoms with Gasteiger partial charge < -0.3 is 15.5 Å². The van der Waals surface area contributed by atoms with Crippen LogP contribution >= 0.6 is 11.8 Å². The Morgan fingerprint density at radius 2 is 2.05 bits per heavy atom. The number of thioether (sulfide) groups is 1. The highest BCUT2D eigenvalue weighted by molar-refractivity contribution is 8.00. The zero-order valence-corrected chi connectivity index (χ0v) is 11.7. The summed E-state index contributed by atoms with van der Waals surface area (Å²) < 4.78 is 0. The van der Waals surface area contributed by atoms with Gasteiger partial charge >= 0.3 is 5.97 Å². The van der Waals surface area contributed by atoms with E-state index in [1.807, 2.05) is 32.0 Å². The molecule has 6 heteroatoms. The fourth-order valence-electron chi connectivity index (χ4n) is 1.35. The van der Waals surface area contributed by atoms with Crippen molar-refractivity contribution in [2.75, 3.05) is 12.3 Å². The minimum Gasteiger partial charge on any atom is -0.479 e. The van der Waals surface area contributed by atoms with Gasteiger partial charge in [0.2, 0.25) is 5.91 Å². The number of aryl methyl sites for hydroxylation is 2. The quantitative estimate of drug-likeness (QED) is 0.677. The summed E-state index contributed by atoms with van der Waals surface area (Å²) in [5, 5.41) is 19.9. The first-order chi connectivity index (χ1) is 8.90. The predicted molar refractivity (Wildman–Crippen MR) is 73.3 cm³/mol. The molecule has 19 heavy (non-hydrogen) atoms. The van der Waals surface area contributed by atoms with E-state index < -0.39 is 12.1 Å². The van der Waals surface area contributed by atoms with Crippen molar-refractivity contribution in [2.45, 2.75) is 24.8 Å². The highest BCUT2D eigenvalue weighted by Crippen LogP contribution is 2.23. The van der Waals surface area contributed by atoms with Crippen molar-refractivity contribution in [3.05, 3.63) is 29.3 Å². The summed E-state index contributed by atoms with van der Waals surface area (Å²) >= 11 is 1.39. The summed E-state index contributed by atoms with van der Waals surface area (Å²) in [5.74, 6) is -1.45. The zero-order chi connectivity index (χ0) is 14.4. The fourth-order valence-corrected chi connectivity index (χ4v) is 2.31. The molecule has 1 amide bonds. The fraction of sp³-hybridized carbons (Fsp3) is 0.385. The first-order valence-electron chi connectivity index (χ1n) is 5.77. The number of hydrogen-bond acceptors (Lipinski definition) is 4. The van der Waals surface area contributed by atoms with Crippen LogP contribution in [0.3, 0.4) is 0 Å². The van der Waals surface area contributed by atoms with Crippen LogP contribution in [0.5, 0.6) is 0 Å². The highest BCUT2D eigenvalue weighted by Gasteiger charge is 2.14. The normalized spacial score (nSPS) is 11.9. The number of carboxylic acid groups (broad SMARTS) is 1. The molecule has 0 fully saturated rings. The maximum Gasteiger partial charge on any atom is 0.334 e. The maximum absolute atomic E-state index is 11.5. The number of nitrogens with one attached hydrogen (secondary N) is 1. The van der Waals surface area contributed by atoms with Gasteiger partial charge in [0.05, 0.1) is 12.3 Å². The monoisotopic (exact) mass is 283 g/mol. The van der Waals surface area contributed by atoms with E-state index in [2.05, 4.69) is 5.32 Å². The highest BCUT2D eigenvalue weighted by atomic mass is 32.2. The van der Waals surface area contributed by atoms with Crippen molar-refractivity contribution in [3.8, 4) is 0 Å². The molecule has 0 radical (unpaired) electrons. The molecule has 1 aromatic rings. The second-order valence-corrected chi connectivity index (χ2v) is 5.23. The molecule has 1 rings (SSSR count). The molecule has 0 aliphatic carbocycles. The Morgan fingerprint density at radius 3 is 2.68 bits per heavy atom. The van der Waals surface area contributed by atoms with Crippen LogP contribution in [0, 0.1) is 13.8 Å². The van der Waals surface area contributed by atoms with Crippen LogP contribution in [0.2, 0.25) is 0 Å². The number of aliphatic hydroxyl groups is 1. The van der Waals surface area contributed by atoms with E-state index >= 15 is 0 Å². The molecule has 1 atom stereocenters. The number of aliphatic hydroxyl groups excluding tert-OH is 1. The van der Waals surface area contributed by atoms with Gasteiger partial charge in [0.25, 0.3) is 0 Å². The molecule has 1 aromatic carbocycles. The van der Waals surface area contributed by atoms with E-state index in [0.717, 1.165) is 16.0 Å². The van der Waals surface area contributed by atoms with Crippen molar-refractivity contribution in [1.82, 2.24) is 5.32 Å². The Kier molecular flexibility index (Phi) is 5.85. The molecule has 0 heterocycles. The van der Waals surface area contributed by atoms with Gasteiger partial charge in [0.15, 0.2) is 6.10 Å². The molecule has 0 spiro atoms. The molecule has 3 N–H and O–H groups in total. The third kappa shape index (κ3) is 5.32. The lowest BCUT2D eigenvalue weighted by Gasteiger charge is -2.09. The average molecular weight is 283 g/mol. The smallest absolute Gasteiger partial charge is 0.334 e. The van der Waals surface area contributed by atoms with Crippen LogP contribution in [-0.4, -0.2) is 40.5 Å². The van der Waals surface area contributed by atoms with Crippen molar-refractivity contribution in [1.29, 1.82) is 0 Å². The van der Waals surface area contributed by atoms with E-state index in [9.17, 15) is 9.59 Å². The van der Waals surface area contributed by atoms with Crippen LogP contribution in [0.4, 0.5) is 0 Å². The van der Waals surface area contributed by atoms with Gasteiger partial charge in [-0.05, 0) is 25.5 Å². The van der Waals surface area contributed by atoms with E-state index in [0.29, 0.717) is 0 Å². The van der Waals surface area contributed by atoms with Crippen LogP contribution in [-0.2, 0) is 9.59 Å². The number of benzene rings is 1. The number of carbonyl (C=O) groups excluding carboxylic acids is 1. The summed E-state index contributed by atoms with van der Waals surface area (Å²) in [6, 6.07) is 5.99. The number of hydrogen-bond donors (Lipinski definition) is 3. The van der Waals surface area contributed by atoms with Crippen molar-refractivity contribution in [2.24, 2.45) is 0 Å². The molecule has 5 nitrogen and oxygen atoms in total. The lowest BCUT2D eigenvalue weighted by Crippen LogP contribution is -2.37. The van der Waals surface area contributed by atoms with Gasteiger partial charge in [-0.3, -0.25) is 4.79 Å². The lowest BCUT2D eigenvalue weighted by atomic mass is 10.2. The van der Waals surface area contributed by atoms with Gasteiger partial charge in [-0.2, -0.15) is 0 Å². The summed E-state index contributed by atoms with van der Waals surface area (Å²) in [6.45, 7) is 3.67. The third-order valence-electron chi connectivity index (χ3n) is 2.48. The summed E-state index contributed by atoms with van der Waals surface area (Å²) in [7, 11) is 0. The Morgan fingerprint density at radius 1 is 1.37 bits per heavy atom. The molecule has 0 saturated heterocycles. The van der Waals surface area contributed by atoms with Crippen molar-refractivity contribution >= 4 is 23.6 Å². The zero-order valence-electron chi connectivity index (χ0n) is 10.8.